The van der Waals surface area contributed by atoms with Crippen molar-refractivity contribution in [3.05, 3.63) is 78.4 Å². The van der Waals surface area contributed by atoms with Gasteiger partial charge in [0.05, 0.1) is 38.1 Å². The first kappa shape index (κ1) is 22.9. The summed E-state index contributed by atoms with van der Waals surface area (Å²) in [5.41, 5.74) is 2.54. The number of nitrogens with zero attached hydrogens (tertiary/aromatic N) is 1. The van der Waals surface area contributed by atoms with Crippen molar-refractivity contribution in [1.82, 2.24) is 4.98 Å². The van der Waals surface area contributed by atoms with Gasteiger partial charge in [-0.3, -0.25) is 0 Å². The van der Waals surface area contributed by atoms with Crippen LogP contribution >= 0.6 is 0 Å². The van der Waals surface area contributed by atoms with Gasteiger partial charge >= 0.3 is 5.97 Å². The summed E-state index contributed by atoms with van der Waals surface area (Å²) in [5.74, 6) is 2.16. The van der Waals surface area contributed by atoms with Crippen LogP contribution in [0.1, 0.15) is 10.4 Å². The highest BCUT2D eigenvalue weighted by molar-refractivity contribution is 6.04. The lowest BCUT2D eigenvalue weighted by molar-refractivity contribution is 0.0452. The lowest BCUT2D eigenvalue weighted by Crippen LogP contribution is -2.13. The van der Waals surface area contributed by atoms with E-state index in [0.717, 1.165) is 11.3 Å². The number of carbonyl (C=O) groups excluding carboxylic acids is 1. The fourth-order valence-electron chi connectivity index (χ4n) is 3.53. The zero-order valence-electron chi connectivity index (χ0n) is 19.2. The first-order chi connectivity index (χ1) is 16.6. The average Bonchev–Trinajstić information content (AvgIpc) is 2.90. The van der Waals surface area contributed by atoms with Crippen molar-refractivity contribution in [2.45, 2.75) is 0 Å². The highest BCUT2D eigenvalue weighted by Crippen LogP contribution is 2.33. The van der Waals surface area contributed by atoms with Gasteiger partial charge in [0.25, 0.3) is 0 Å². The Balaban J connectivity index is 1.53. The van der Waals surface area contributed by atoms with Gasteiger partial charge in [-0.25, -0.2) is 9.78 Å². The Morgan fingerprint density at radius 3 is 2.24 bits per heavy atom. The van der Waals surface area contributed by atoms with Crippen LogP contribution in [-0.2, 0) is 4.74 Å². The standard InChI is InChI=1S/C27H25NO6/c1-30-19-9-11-20(12-10-19)33-14-15-34-27(29)22-17-24(28-23-7-5-4-6-21(22)23)18-8-13-25(31-2)26(16-18)32-3/h4-13,16-17H,14-15H2,1-3H3. The molecule has 0 atom stereocenters. The van der Waals surface area contributed by atoms with Crippen molar-refractivity contribution < 1.29 is 28.5 Å². The van der Waals surface area contributed by atoms with E-state index in [1.54, 1.807) is 57.7 Å². The number of ether oxygens (including phenoxy) is 5. The molecule has 0 unspecified atom stereocenters. The molecular weight excluding hydrogens is 434 g/mol. The number of benzene rings is 3. The molecule has 1 aromatic heterocycles. The number of fused-ring (bicyclic) bond motifs is 1. The second kappa shape index (κ2) is 10.6. The molecule has 4 rings (SSSR count). The van der Waals surface area contributed by atoms with Crippen LogP contribution in [0.2, 0.25) is 0 Å². The number of methoxy groups -OCH3 is 3. The molecular formula is C27H25NO6. The molecule has 7 nitrogen and oxygen atoms in total. The maximum atomic E-state index is 13.0. The number of esters is 1. The highest BCUT2D eigenvalue weighted by atomic mass is 16.6. The molecule has 34 heavy (non-hydrogen) atoms. The van der Waals surface area contributed by atoms with Crippen LogP contribution < -0.4 is 18.9 Å². The molecule has 7 heteroatoms. The van der Waals surface area contributed by atoms with Gasteiger partial charge in [-0.15, -0.1) is 0 Å². The molecule has 3 aromatic carbocycles. The monoisotopic (exact) mass is 459 g/mol. The lowest BCUT2D eigenvalue weighted by Gasteiger charge is -2.12. The fraction of sp³-hybridized carbons (Fsp3) is 0.185. The SMILES string of the molecule is COc1ccc(OCCOC(=O)c2cc(-c3ccc(OC)c(OC)c3)nc3ccccc23)cc1. The van der Waals surface area contributed by atoms with Crippen LogP contribution in [0.4, 0.5) is 0 Å². The molecule has 0 bridgehead atoms. The van der Waals surface area contributed by atoms with Gasteiger partial charge < -0.3 is 23.7 Å². The highest BCUT2D eigenvalue weighted by Gasteiger charge is 2.16. The number of para-hydroxylation sites is 1. The number of aromatic nitrogens is 1. The molecule has 0 fully saturated rings. The van der Waals surface area contributed by atoms with Gasteiger partial charge in [0, 0.05) is 10.9 Å². The van der Waals surface area contributed by atoms with Crippen molar-refractivity contribution in [1.29, 1.82) is 0 Å². The van der Waals surface area contributed by atoms with E-state index >= 15 is 0 Å². The summed E-state index contributed by atoms with van der Waals surface area (Å²) in [7, 11) is 4.76. The Hall–Kier alpha value is -4.26. The lowest BCUT2D eigenvalue weighted by atomic mass is 10.0. The Labute approximate surface area is 197 Å². The zero-order valence-corrected chi connectivity index (χ0v) is 19.2. The maximum absolute atomic E-state index is 13.0. The summed E-state index contributed by atoms with van der Waals surface area (Å²) < 4.78 is 27.0. The molecule has 0 saturated heterocycles. The molecule has 1 heterocycles. The molecule has 0 aliphatic carbocycles. The third-order valence-electron chi connectivity index (χ3n) is 5.26. The minimum Gasteiger partial charge on any atom is -0.497 e. The van der Waals surface area contributed by atoms with Crippen molar-refractivity contribution in [2.75, 3.05) is 34.5 Å². The van der Waals surface area contributed by atoms with Crippen molar-refractivity contribution in [3.63, 3.8) is 0 Å². The summed E-state index contributed by atoms with van der Waals surface area (Å²) in [5, 5.41) is 0.716. The van der Waals surface area contributed by atoms with Crippen molar-refractivity contribution in [2.24, 2.45) is 0 Å². The summed E-state index contributed by atoms with van der Waals surface area (Å²) in [6, 6.07) is 21.9. The average molecular weight is 459 g/mol. The minimum atomic E-state index is -0.446. The second-order valence-electron chi connectivity index (χ2n) is 7.30. The first-order valence-corrected chi connectivity index (χ1v) is 10.7. The molecule has 0 aliphatic rings. The smallest absolute Gasteiger partial charge is 0.339 e. The molecule has 174 valence electrons. The van der Waals surface area contributed by atoms with Crippen molar-refractivity contribution >= 4 is 16.9 Å². The molecule has 0 aliphatic heterocycles. The zero-order chi connectivity index (χ0) is 23.9. The van der Waals surface area contributed by atoms with Crippen LogP contribution in [0.25, 0.3) is 22.2 Å². The Bertz CT molecular complexity index is 1290. The van der Waals surface area contributed by atoms with Gasteiger partial charge in [0.2, 0.25) is 0 Å². The van der Waals surface area contributed by atoms with E-state index in [4.69, 9.17) is 28.7 Å². The van der Waals surface area contributed by atoms with Gasteiger partial charge in [-0.05, 0) is 54.6 Å². The molecule has 0 spiro atoms. The van der Waals surface area contributed by atoms with Gasteiger partial charge in [0.15, 0.2) is 11.5 Å². The quantitative estimate of drug-likeness (QED) is 0.253. The summed E-state index contributed by atoms with van der Waals surface area (Å²) in [4.78, 5) is 17.7. The summed E-state index contributed by atoms with van der Waals surface area (Å²) in [6.45, 7) is 0.330. The van der Waals surface area contributed by atoms with Gasteiger partial charge in [0.1, 0.15) is 24.7 Å². The Kier molecular flexibility index (Phi) is 7.13. The molecule has 0 N–H and O–H groups in total. The molecule has 0 amide bonds. The molecule has 4 aromatic rings. The summed E-state index contributed by atoms with van der Waals surface area (Å²) in [6.07, 6.45) is 0. The van der Waals surface area contributed by atoms with Crippen LogP contribution in [0.3, 0.4) is 0 Å². The van der Waals surface area contributed by atoms with E-state index in [9.17, 15) is 4.79 Å². The first-order valence-electron chi connectivity index (χ1n) is 10.7. The summed E-state index contributed by atoms with van der Waals surface area (Å²) >= 11 is 0. The normalized spacial score (nSPS) is 10.6. The van der Waals surface area contributed by atoms with Crippen LogP contribution in [-0.4, -0.2) is 45.5 Å². The van der Waals surface area contributed by atoms with Crippen LogP contribution in [0.5, 0.6) is 23.0 Å². The number of hydrogen-bond acceptors (Lipinski definition) is 7. The van der Waals surface area contributed by atoms with Crippen LogP contribution in [0.15, 0.2) is 72.8 Å². The fourth-order valence-corrected chi connectivity index (χ4v) is 3.53. The number of rotatable bonds is 9. The second-order valence-corrected chi connectivity index (χ2v) is 7.30. The minimum absolute atomic E-state index is 0.104. The van der Waals surface area contributed by atoms with Gasteiger partial charge in [-0.2, -0.15) is 0 Å². The predicted octanol–water partition coefficient (Wildman–Crippen LogP) is 5.16. The van der Waals surface area contributed by atoms with E-state index in [2.05, 4.69) is 0 Å². The maximum Gasteiger partial charge on any atom is 0.339 e. The molecule has 0 radical (unpaired) electrons. The topological polar surface area (TPSA) is 76.1 Å². The van der Waals surface area contributed by atoms with E-state index in [1.165, 1.54) is 0 Å². The third kappa shape index (κ3) is 5.04. The van der Waals surface area contributed by atoms with E-state index in [-0.39, 0.29) is 13.2 Å². The van der Waals surface area contributed by atoms with Crippen molar-refractivity contribution in [3.8, 4) is 34.3 Å². The number of carbonyl (C=O) groups is 1. The third-order valence-corrected chi connectivity index (χ3v) is 5.26. The molecule has 0 saturated carbocycles. The number of pyridine rings is 1. The Morgan fingerprint density at radius 2 is 1.50 bits per heavy atom. The Morgan fingerprint density at radius 1 is 0.765 bits per heavy atom. The van der Waals surface area contributed by atoms with Crippen LogP contribution in [0, 0.1) is 0 Å². The van der Waals surface area contributed by atoms with E-state index in [0.29, 0.717) is 39.4 Å². The number of hydrogen-bond donors (Lipinski definition) is 0. The predicted molar refractivity (Wildman–Crippen MR) is 129 cm³/mol. The van der Waals surface area contributed by atoms with E-state index in [1.807, 2.05) is 36.4 Å². The largest absolute Gasteiger partial charge is 0.497 e. The van der Waals surface area contributed by atoms with Gasteiger partial charge in [-0.1, -0.05) is 18.2 Å². The van der Waals surface area contributed by atoms with E-state index < -0.39 is 5.97 Å².